The highest BCUT2D eigenvalue weighted by Gasteiger charge is 2.05. The topological polar surface area (TPSA) is 37.8 Å². The van der Waals surface area contributed by atoms with E-state index in [1.165, 1.54) is 0 Å². The SMILES string of the molecule is CCCn1c(=O)[nH]c2ccc(Cl)cc21. The van der Waals surface area contributed by atoms with Gasteiger partial charge in [-0.2, -0.15) is 0 Å². The number of imidazole rings is 1. The van der Waals surface area contributed by atoms with Crippen molar-refractivity contribution in [1.29, 1.82) is 0 Å². The minimum atomic E-state index is -0.0656. The Morgan fingerprint density at radius 1 is 1.50 bits per heavy atom. The molecular formula is C10H11ClN2O. The summed E-state index contributed by atoms with van der Waals surface area (Å²) >= 11 is 5.87. The molecule has 0 bridgehead atoms. The number of fused-ring (bicyclic) bond motifs is 1. The number of benzene rings is 1. The molecule has 1 N–H and O–H groups in total. The van der Waals surface area contributed by atoms with Crippen LogP contribution in [-0.4, -0.2) is 9.55 Å². The van der Waals surface area contributed by atoms with Crippen LogP contribution in [0.5, 0.6) is 0 Å². The molecule has 0 unspecified atom stereocenters. The van der Waals surface area contributed by atoms with Crippen LogP contribution < -0.4 is 5.69 Å². The Balaban J connectivity index is 2.73. The fourth-order valence-corrected chi connectivity index (χ4v) is 1.74. The number of aromatic nitrogens is 2. The fourth-order valence-electron chi connectivity index (χ4n) is 1.57. The zero-order valence-corrected chi connectivity index (χ0v) is 8.64. The Bertz CT molecular complexity index is 512. The first-order valence-corrected chi connectivity index (χ1v) is 4.98. The Hall–Kier alpha value is -1.22. The van der Waals surface area contributed by atoms with Crippen LogP contribution >= 0.6 is 11.6 Å². The molecule has 0 aliphatic carbocycles. The van der Waals surface area contributed by atoms with Crippen LogP contribution in [0.4, 0.5) is 0 Å². The van der Waals surface area contributed by atoms with Crippen LogP contribution in [0.15, 0.2) is 23.0 Å². The van der Waals surface area contributed by atoms with Gasteiger partial charge < -0.3 is 4.98 Å². The third-order valence-corrected chi connectivity index (χ3v) is 2.42. The molecular weight excluding hydrogens is 200 g/mol. The summed E-state index contributed by atoms with van der Waals surface area (Å²) < 4.78 is 1.71. The maximum Gasteiger partial charge on any atom is 0.326 e. The largest absolute Gasteiger partial charge is 0.326 e. The first-order chi connectivity index (χ1) is 6.72. The van der Waals surface area contributed by atoms with Crippen molar-refractivity contribution in [2.75, 3.05) is 0 Å². The number of aryl methyl sites for hydroxylation is 1. The monoisotopic (exact) mass is 210 g/mol. The summed E-state index contributed by atoms with van der Waals surface area (Å²) in [5.74, 6) is 0. The van der Waals surface area contributed by atoms with E-state index in [2.05, 4.69) is 4.98 Å². The van der Waals surface area contributed by atoms with Crippen LogP contribution in [0, 0.1) is 0 Å². The summed E-state index contributed by atoms with van der Waals surface area (Å²) in [7, 11) is 0. The van der Waals surface area contributed by atoms with Gasteiger partial charge in [0, 0.05) is 11.6 Å². The number of hydrogen-bond donors (Lipinski definition) is 1. The molecule has 1 aromatic carbocycles. The standard InChI is InChI=1S/C10H11ClN2O/c1-2-5-13-9-6-7(11)3-4-8(9)12-10(13)14/h3-4,6H,2,5H2,1H3,(H,12,14). The van der Waals surface area contributed by atoms with Gasteiger partial charge in [-0.15, -0.1) is 0 Å². The van der Waals surface area contributed by atoms with Crippen molar-refractivity contribution in [3.63, 3.8) is 0 Å². The number of aromatic amines is 1. The van der Waals surface area contributed by atoms with E-state index in [0.717, 1.165) is 24.0 Å². The third-order valence-electron chi connectivity index (χ3n) is 2.18. The van der Waals surface area contributed by atoms with Gasteiger partial charge in [0.2, 0.25) is 0 Å². The first kappa shape index (κ1) is 9.34. The van der Waals surface area contributed by atoms with E-state index in [1.54, 1.807) is 10.6 Å². The molecule has 0 saturated heterocycles. The van der Waals surface area contributed by atoms with Crippen molar-refractivity contribution in [3.05, 3.63) is 33.7 Å². The van der Waals surface area contributed by atoms with Gasteiger partial charge in [-0.05, 0) is 24.6 Å². The highest BCUT2D eigenvalue weighted by atomic mass is 35.5. The van der Waals surface area contributed by atoms with Crippen LogP contribution in [0.25, 0.3) is 11.0 Å². The molecule has 2 aromatic rings. The Morgan fingerprint density at radius 3 is 3.00 bits per heavy atom. The summed E-state index contributed by atoms with van der Waals surface area (Å²) in [6.07, 6.45) is 0.930. The van der Waals surface area contributed by atoms with Gasteiger partial charge in [-0.1, -0.05) is 18.5 Å². The molecule has 0 amide bonds. The minimum absolute atomic E-state index is 0.0656. The first-order valence-electron chi connectivity index (χ1n) is 4.60. The average molecular weight is 211 g/mol. The second kappa shape index (κ2) is 3.50. The molecule has 0 aliphatic rings. The summed E-state index contributed by atoms with van der Waals surface area (Å²) in [6, 6.07) is 5.41. The molecule has 0 spiro atoms. The predicted molar refractivity (Wildman–Crippen MR) is 57.9 cm³/mol. The van der Waals surface area contributed by atoms with E-state index in [4.69, 9.17) is 11.6 Å². The van der Waals surface area contributed by atoms with Crippen molar-refractivity contribution < 1.29 is 0 Å². The van der Waals surface area contributed by atoms with Gasteiger partial charge in [-0.25, -0.2) is 4.79 Å². The number of nitrogens with zero attached hydrogens (tertiary/aromatic N) is 1. The predicted octanol–water partition coefficient (Wildman–Crippen LogP) is 2.39. The lowest BCUT2D eigenvalue weighted by molar-refractivity contribution is 0.674. The van der Waals surface area contributed by atoms with Gasteiger partial charge >= 0.3 is 5.69 Å². The molecule has 3 nitrogen and oxygen atoms in total. The van der Waals surface area contributed by atoms with E-state index in [-0.39, 0.29) is 5.69 Å². The highest BCUT2D eigenvalue weighted by Crippen LogP contribution is 2.16. The number of nitrogens with one attached hydrogen (secondary N) is 1. The van der Waals surface area contributed by atoms with Crippen molar-refractivity contribution in [3.8, 4) is 0 Å². The fraction of sp³-hybridized carbons (Fsp3) is 0.300. The van der Waals surface area contributed by atoms with Crippen molar-refractivity contribution in [2.24, 2.45) is 0 Å². The van der Waals surface area contributed by atoms with Crippen LogP contribution in [0.2, 0.25) is 5.02 Å². The maximum atomic E-state index is 11.5. The smallest absolute Gasteiger partial charge is 0.306 e. The van der Waals surface area contributed by atoms with E-state index in [9.17, 15) is 4.79 Å². The van der Waals surface area contributed by atoms with E-state index < -0.39 is 0 Å². The van der Waals surface area contributed by atoms with E-state index >= 15 is 0 Å². The van der Waals surface area contributed by atoms with Gasteiger partial charge in [-0.3, -0.25) is 4.57 Å². The molecule has 14 heavy (non-hydrogen) atoms. The summed E-state index contributed by atoms with van der Waals surface area (Å²) in [5, 5.41) is 0.654. The van der Waals surface area contributed by atoms with Crippen LogP contribution in [0.3, 0.4) is 0 Å². The quantitative estimate of drug-likeness (QED) is 0.812. The second-order valence-electron chi connectivity index (χ2n) is 3.24. The molecule has 1 aromatic heterocycles. The van der Waals surface area contributed by atoms with Crippen LogP contribution in [0.1, 0.15) is 13.3 Å². The molecule has 0 fully saturated rings. The Labute approximate surface area is 86.3 Å². The van der Waals surface area contributed by atoms with Gasteiger partial charge in [0.05, 0.1) is 11.0 Å². The van der Waals surface area contributed by atoms with E-state index in [1.807, 2.05) is 19.1 Å². The minimum Gasteiger partial charge on any atom is -0.306 e. The number of H-pyrrole nitrogens is 1. The lowest BCUT2D eigenvalue weighted by Crippen LogP contribution is -2.16. The summed E-state index contributed by atoms with van der Waals surface area (Å²) in [4.78, 5) is 14.3. The molecule has 0 saturated carbocycles. The van der Waals surface area contributed by atoms with Crippen molar-refractivity contribution in [2.45, 2.75) is 19.9 Å². The number of rotatable bonds is 2. The van der Waals surface area contributed by atoms with Crippen LogP contribution in [-0.2, 0) is 6.54 Å². The lowest BCUT2D eigenvalue weighted by atomic mass is 10.3. The molecule has 0 radical (unpaired) electrons. The summed E-state index contributed by atoms with van der Waals surface area (Å²) in [6.45, 7) is 2.76. The van der Waals surface area contributed by atoms with Crippen molar-refractivity contribution in [1.82, 2.24) is 9.55 Å². The van der Waals surface area contributed by atoms with Gasteiger partial charge in [0.1, 0.15) is 0 Å². The van der Waals surface area contributed by atoms with Gasteiger partial charge in [0.25, 0.3) is 0 Å². The number of halogens is 1. The Morgan fingerprint density at radius 2 is 2.29 bits per heavy atom. The van der Waals surface area contributed by atoms with Gasteiger partial charge in [0.15, 0.2) is 0 Å². The van der Waals surface area contributed by atoms with Crippen molar-refractivity contribution >= 4 is 22.6 Å². The zero-order chi connectivity index (χ0) is 10.1. The Kier molecular flexibility index (Phi) is 2.33. The number of hydrogen-bond acceptors (Lipinski definition) is 1. The molecule has 74 valence electrons. The zero-order valence-electron chi connectivity index (χ0n) is 7.88. The normalized spacial score (nSPS) is 11.0. The molecule has 1 heterocycles. The van der Waals surface area contributed by atoms with E-state index in [0.29, 0.717) is 5.02 Å². The molecule has 4 heteroatoms. The third kappa shape index (κ3) is 1.44. The molecule has 2 rings (SSSR count). The lowest BCUT2D eigenvalue weighted by Gasteiger charge is -1.99. The average Bonchev–Trinajstić information content (AvgIpc) is 2.45. The highest BCUT2D eigenvalue weighted by molar-refractivity contribution is 6.31. The maximum absolute atomic E-state index is 11.5. The molecule has 0 aliphatic heterocycles. The molecule has 0 atom stereocenters. The second-order valence-corrected chi connectivity index (χ2v) is 3.68. The summed E-state index contributed by atoms with van der Waals surface area (Å²) in [5.41, 5.74) is 1.65.